The largest absolute Gasteiger partial charge is 0.303 e. The topological polar surface area (TPSA) is 30.0 Å². The third-order valence-electron chi connectivity index (χ3n) is 0.960. The molecule has 0 aliphatic carbocycles. The molecule has 0 saturated carbocycles. The van der Waals surface area contributed by atoms with Gasteiger partial charge in [0.25, 0.3) is 0 Å². The Bertz CT molecular complexity index is 176. The molecule has 0 saturated heterocycles. The van der Waals surface area contributed by atoms with Gasteiger partial charge in [0.05, 0.1) is 5.01 Å². The summed E-state index contributed by atoms with van der Waals surface area (Å²) in [4.78, 5) is 13.9. The Kier molecular flexibility index (Phi) is 5.43. The number of rotatable bonds is 3. The lowest BCUT2D eigenvalue weighted by atomic mass is 10.3. The molecule has 0 spiro atoms. The van der Waals surface area contributed by atoms with Gasteiger partial charge in [0.1, 0.15) is 6.29 Å². The monoisotopic (exact) mass is 221 g/mol. The van der Waals surface area contributed by atoms with Crippen LogP contribution in [0.3, 0.4) is 0 Å². The summed E-state index contributed by atoms with van der Waals surface area (Å²) in [6, 6.07) is 0. The van der Waals surface area contributed by atoms with Crippen molar-refractivity contribution in [2.75, 3.05) is 0 Å². The summed E-state index contributed by atoms with van der Waals surface area (Å²) in [6.45, 7) is 0. The Labute approximate surface area is 74.1 Å². The predicted molar refractivity (Wildman–Crippen MR) is 46.8 cm³/mol. The van der Waals surface area contributed by atoms with E-state index in [1.165, 1.54) is 0 Å². The van der Waals surface area contributed by atoms with E-state index in [4.69, 9.17) is 0 Å². The van der Waals surface area contributed by atoms with Crippen molar-refractivity contribution in [3.05, 3.63) is 16.6 Å². The molecule has 10 heavy (non-hydrogen) atoms. The van der Waals surface area contributed by atoms with E-state index in [0.29, 0.717) is 6.42 Å². The van der Waals surface area contributed by atoms with Crippen molar-refractivity contribution >= 4 is 34.6 Å². The number of halogens is 1. The van der Waals surface area contributed by atoms with E-state index >= 15 is 0 Å². The van der Waals surface area contributed by atoms with Crippen LogP contribution in [0.5, 0.6) is 0 Å². The van der Waals surface area contributed by atoms with Crippen LogP contribution in [0.2, 0.25) is 0 Å². The second-order valence-corrected chi connectivity index (χ2v) is 2.61. The third-order valence-corrected chi connectivity index (χ3v) is 1.80. The van der Waals surface area contributed by atoms with E-state index in [2.05, 4.69) is 4.98 Å². The van der Waals surface area contributed by atoms with Crippen molar-refractivity contribution in [2.24, 2.45) is 0 Å². The number of carbonyl (C=O) groups is 1. The predicted octanol–water partition coefficient (Wildman–Crippen LogP) is 1.85. The van der Waals surface area contributed by atoms with Gasteiger partial charge < -0.3 is 4.79 Å². The van der Waals surface area contributed by atoms with Gasteiger partial charge in [0.15, 0.2) is 0 Å². The smallest absolute Gasteiger partial charge is 0.120 e. The summed E-state index contributed by atoms with van der Waals surface area (Å²) >= 11 is 1.59. The quantitative estimate of drug-likeness (QED) is 0.730. The zero-order chi connectivity index (χ0) is 6.53. The molecule has 0 radical (unpaired) electrons. The summed E-state index contributed by atoms with van der Waals surface area (Å²) in [5, 5.41) is 2.96. The minimum atomic E-state index is 0. The highest BCUT2D eigenvalue weighted by Gasteiger charge is 1.91. The van der Waals surface area contributed by atoms with Crippen LogP contribution >= 0.6 is 28.3 Å². The third kappa shape index (κ3) is 3.08. The molecule has 4 heteroatoms. The molecule has 0 fully saturated rings. The first-order valence-electron chi connectivity index (χ1n) is 2.75. The maximum Gasteiger partial charge on any atom is 0.120 e. The number of carbonyl (C=O) groups excluding carboxylic acids is 1. The van der Waals surface area contributed by atoms with Gasteiger partial charge in [-0.3, -0.25) is 0 Å². The van der Waals surface area contributed by atoms with E-state index in [-0.39, 0.29) is 17.0 Å². The fraction of sp³-hybridized carbons (Fsp3) is 0.333. The molecule has 1 aromatic heterocycles. The van der Waals surface area contributed by atoms with Gasteiger partial charge in [-0.25, -0.2) is 4.98 Å². The van der Waals surface area contributed by atoms with Gasteiger partial charge in [0.2, 0.25) is 0 Å². The number of hydrogen-bond acceptors (Lipinski definition) is 3. The number of nitrogens with zero attached hydrogens (tertiary/aromatic N) is 1. The molecule has 56 valence electrons. The Hall–Kier alpha value is -0.220. The number of hydrogen-bond donors (Lipinski definition) is 0. The van der Waals surface area contributed by atoms with Crippen LogP contribution in [-0.4, -0.2) is 11.3 Å². The standard InChI is InChI=1S/C6H7NOS.BrH/c8-4-1-2-6-7-3-5-9-6;/h3-5H,1-2H2;1H. The highest BCUT2D eigenvalue weighted by molar-refractivity contribution is 8.93. The van der Waals surface area contributed by atoms with Gasteiger partial charge in [0, 0.05) is 24.4 Å². The molecule has 0 aliphatic heterocycles. The molecule has 0 bridgehead atoms. The van der Waals surface area contributed by atoms with Crippen molar-refractivity contribution < 1.29 is 4.79 Å². The molecule has 0 N–H and O–H groups in total. The normalized spacial score (nSPS) is 8.40. The molecular formula is C6H8BrNOS. The summed E-state index contributed by atoms with van der Waals surface area (Å²) in [5.74, 6) is 0. The first-order chi connectivity index (χ1) is 4.43. The zero-order valence-electron chi connectivity index (χ0n) is 5.32. The van der Waals surface area contributed by atoms with Crippen molar-refractivity contribution in [3.63, 3.8) is 0 Å². The average Bonchev–Trinajstić information content (AvgIpc) is 2.34. The second kappa shape index (κ2) is 5.56. The van der Waals surface area contributed by atoms with E-state index in [1.807, 2.05) is 5.38 Å². The maximum atomic E-state index is 9.88. The number of aldehydes is 1. The molecule has 0 aliphatic rings. The molecule has 0 amide bonds. The van der Waals surface area contributed by atoms with Crippen LogP contribution in [-0.2, 0) is 11.2 Å². The SMILES string of the molecule is Br.O=CCCc1nccs1. The van der Waals surface area contributed by atoms with Gasteiger partial charge in [-0.05, 0) is 0 Å². The van der Waals surface area contributed by atoms with Crippen LogP contribution < -0.4 is 0 Å². The average molecular weight is 222 g/mol. The molecule has 1 aromatic rings. The highest BCUT2D eigenvalue weighted by atomic mass is 79.9. The van der Waals surface area contributed by atoms with Crippen LogP contribution in [0, 0.1) is 0 Å². The second-order valence-electron chi connectivity index (χ2n) is 1.63. The lowest BCUT2D eigenvalue weighted by Crippen LogP contribution is -1.82. The van der Waals surface area contributed by atoms with Crippen molar-refractivity contribution in [1.29, 1.82) is 0 Å². The maximum absolute atomic E-state index is 9.88. The molecular weight excluding hydrogens is 214 g/mol. The van der Waals surface area contributed by atoms with E-state index in [1.54, 1.807) is 17.5 Å². The Balaban J connectivity index is 0.000000810. The summed E-state index contributed by atoms with van der Waals surface area (Å²) in [6.07, 6.45) is 4.06. The first kappa shape index (κ1) is 9.78. The van der Waals surface area contributed by atoms with Crippen molar-refractivity contribution in [2.45, 2.75) is 12.8 Å². The van der Waals surface area contributed by atoms with Crippen LogP contribution in [0.15, 0.2) is 11.6 Å². The van der Waals surface area contributed by atoms with Crippen LogP contribution in [0.1, 0.15) is 11.4 Å². The van der Waals surface area contributed by atoms with Gasteiger partial charge in [-0.1, -0.05) is 0 Å². The Morgan fingerprint density at radius 2 is 2.50 bits per heavy atom. The number of aryl methyl sites for hydroxylation is 1. The van der Waals surface area contributed by atoms with Crippen LogP contribution in [0.25, 0.3) is 0 Å². The molecule has 0 unspecified atom stereocenters. The summed E-state index contributed by atoms with van der Waals surface area (Å²) < 4.78 is 0. The minimum Gasteiger partial charge on any atom is -0.303 e. The number of thiazole rings is 1. The number of aromatic nitrogens is 1. The molecule has 0 aromatic carbocycles. The highest BCUT2D eigenvalue weighted by Crippen LogP contribution is 2.04. The lowest BCUT2D eigenvalue weighted by Gasteiger charge is -1.83. The Morgan fingerprint density at radius 3 is 3.00 bits per heavy atom. The van der Waals surface area contributed by atoms with E-state index in [9.17, 15) is 4.79 Å². The Morgan fingerprint density at radius 1 is 1.70 bits per heavy atom. The van der Waals surface area contributed by atoms with Crippen LogP contribution in [0.4, 0.5) is 0 Å². The summed E-state index contributed by atoms with van der Waals surface area (Å²) in [5.41, 5.74) is 0. The van der Waals surface area contributed by atoms with Crippen molar-refractivity contribution in [3.8, 4) is 0 Å². The van der Waals surface area contributed by atoms with E-state index in [0.717, 1.165) is 17.7 Å². The minimum absolute atomic E-state index is 0. The molecule has 1 rings (SSSR count). The molecule has 1 heterocycles. The van der Waals surface area contributed by atoms with Gasteiger partial charge in [-0.2, -0.15) is 0 Å². The van der Waals surface area contributed by atoms with E-state index < -0.39 is 0 Å². The first-order valence-corrected chi connectivity index (χ1v) is 3.63. The summed E-state index contributed by atoms with van der Waals surface area (Å²) in [7, 11) is 0. The lowest BCUT2D eigenvalue weighted by molar-refractivity contribution is -0.107. The van der Waals surface area contributed by atoms with Gasteiger partial charge in [-0.15, -0.1) is 28.3 Å². The fourth-order valence-corrected chi connectivity index (χ4v) is 1.20. The van der Waals surface area contributed by atoms with Crippen molar-refractivity contribution in [1.82, 2.24) is 4.98 Å². The molecule has 2 nitrogen and oxygen atoms in total. The molecule has 0 atom stereocenters. The zero-order valence-corrected chi connectivity index (χ0v) is 7.85. The van der Waals surface area contributed by atoms with Gasteiger partial charge >= 0.3 is 0 Å². The fourth-order valence-electron chi connectivity index (χ4n) is 0.559.